The SMILES string of the molecule is CC1CC[C@H](CNC(=O)OC(C)(C)C)C[C@H]1C. The molecular weight excluding hydrogens is 214 g/mol. The Morgan fingerprint density at radius 2 is 1.88 bits per heavy atom. The Balaban J connectivity index is 2.25. The molecule has 0 bridgehead atoms. The van der Waals surface area contributed by atoms with Crippen LogP contribution in [-0.2, 0) is 4.74 Å². The van der Waals surface area contributed by atoms with Gasteiger partial charge in [0, 0.05) is 6.54 Å². The van der Waals surface area contributed by atoms with E-state index in [2.05, 4.69) is 19.2 Å². The van der Waals surface area contributed by atoms with Crippen molar-refractivity contribution in [3.8, 4) is 0 Å². The number of alkyl carbamates (subject to hydrolysis) is 1. The lowest BCUT2D eigenvalue weighted by molar-refractivity contribution is 0.0509. The summed E-state index contributed by atoms with van der Waals surface area (Å²) in [7, 11) is 0. The van der Waals surface area contributed by atoms with E-state index in [-0.39, 0.29) is 6.09 Å². The molecule has 0 spiro atoms. The van der Waals surface area contributed by atoms with Crippen LogP contribution in [0, 0.1) is 17.8 Å². The number of nitrogens with one attached hydrogen (secondary N) is 1. The maximum atomic E-state index is 11.5. The molecule has 0 saturated heterocycles. The average molecular weight is 241 g/mol. The van der Waals surface area contributed by atoms with Gasteiger partial charge in [0.05, 0.1) is 0 Å². The van der Waals surface area contributed by atoms with Gasteiger partial charge in [0.2, 0.25) is 0 Å². The summed E-state index contributed by atoms with van der Waals surface area (Å²) < 4.78 is 5.23. The molecule has 1 amide bonds. The molecule has 1 saturated carbocycles. The minimum atomic E-state index is -0.404. The third-order valence-corrected chi connectivity index (χ3v) is 3.64. The zero-order valence-corrected chi connectivity index (χ0v) is 11.9. The van der Waals surface area contributed by atoms with Crippen LogP contribution >= 0.6 is 0 Å². The lowest BCUT2D eigenvalue weighted by Gasteiger charge is -2.32. The van der Waals surface area contributed by atoms with Gasteiger partial charge in [-0.1, -0.05) is 20.3 Å². The molecule has 0 aromatic heterocycles. The van der Waals surface area contributed by atoms with Gasteiger partial charge < -0.3 is 10.1 Å². The second kappa shape index (κ2) is 5.74. The van der Waals surface area contributed by atoms with Gasteiger partial charge in [-0.2, -0.15) is 0 Å². The van der Waals surface area contributed by atoms with E-state index in [1.807, 2.05) is 20.8 Å². The molecule has 100 valence electrons. The van der Waals surface area contributed by atoms with Crippen molar-refractivity contribution in [2.45, 2.75) is 59.5 Å². The van der Waals surface area contributed by atoms with Gasteiger partial charge in [0.25, 0.3) is 0 Å². The van der Waals surface area contributed by atoms with E-state index >= 15 is 0 Å². The fraction of sp³-hybridized carbons (Fsp3) is 0.929. The van der Waals surface area contributed by atoms with E-state index < -0.39 is 5.60 Å². The first-order chi connectivity index (χ1) is 7.78. The lowest BCUT2D eigenvalue weighted by atomic mass is 9.76. The Kier molecular flexibility index (Phi) is 4.84. The normalized spacial score (nSPS) is 29.8. The molecule has 3 heteroatoms. The molecule has 3 atom stereocenters. The lowest BCUT2D eigenvalue weighted by Crippen LogP contribution is -2.37. The first kappa shape index (κ1) is 14.3. The number of rotatable bonds is 2. The van der Waals surface area contributed by atoms with Crippen LogP contribution in [0.5, 0.6) is 0 Å². The largest absolute Gasteiger partial charge is 0.444 e. The Bertz CT molecular complexity index is 257. The van der Waals surface area contributed by atoms with Gasteiger partial charge in [-0.3, -0.25) is 0 Å². The van der Waals surface area contributed by atoms with Crippen molar-refractivity contribution in [1.29, 1.82) is 0 Å². The highest BCUT2D eigenvalue weighted by atomic mass is 16.6. The quantitative estimate of drug-likeness (QED) is 0.802. The molecule has 1 rings (SSSR count). The average Bonchev–Trinajstić information content (AvgIpc) is 2.17. The first-order valence-electron chi connectivity index (χ1n) is 6.75. The predicted octanol–water partition coefficient (Wildman–Crippen LogP) is 3.58. The summed E-state index contributed by atoms with van der Waals surface area (Å²) in [5, 5.41) is 2.88. The summed E-state index contributed by atoms with van der Waals surface area (Å²) in [6.45, 7) is 11.0. The van der Waals surface area contributed by atoms with Gasteiger partial charge in [-0.15, -0.1) is 0 Å². The highest BCUT2D eigenvalue weighted by Crippen LogP contribution is 2.32. The van der Waals surface area contributed by atoms with Crippen LogP contribution in [0.25, 0.3) is 0 Å². The summed E-state index contributed by atoms with van der Waals surface area (Å²) in [5.74, 6) is 2.22. The molecule has 0 aromatic rings. The molecule has 3 nitrogen and oxygen atoms in total. The van der Waals surface area contributed by atoms with Crippen molar-refractivity contribution in [3.63, 3.8) is 0 Å². The van der Waals surface area contributed by atoms with Gasteiger partial charge in [0.1, 0.15) is 5.60 Å². The Labute approximate surface area is 105 Å². The number of hydrogen-bond acceptors (Lipinski definition) is 2. The van der Waals surface area contributed by atoms with E-state index in [0.29, 0.717) is 5.92 Å². The Hall–Kier alpha value is -0.730. The van der Waals surface area contributed by atoms with Crippen LogP contribution in [0.4, 0.5) is 4.79 Å². The third-order valence-electron chi connectivity index (χ3n) is 3.64. The van der Waals surface area contributed by atoms with Crippen molar-refractivity contribution >= 4 is 6.09 Å². The van der Waals surface area contributed by atoms with Crippen molar-refractivity contribution < 1.29 is 9.53 Å². The van der Waals surface area contributed by atoms with Crippen LogP contribution in [0.15, 0.2) is 0 Å². The highest BCUT2D eigenvalue weighted by molar-refractivity contribution is 5.67. The molecule has 0 radical (unpaired) electrons. The van der Waals surface area contributed by atoms with Crippen LogP contribution < -0.4 is 5.32 Å². The second-order valence-corrected chi connectivity index (χ2v) is 6.52. The summed E-state index contributed by atoms with van der Waals surface area (Å²) in [6.07, 6.45) is 3.43. The Morgan fingerprint density at radius 1 is 1.24 bits per heavy atom. The standard InChI is InChI=1S/C14H27NO2/c1-10-6-7-12(8-11(10)2)9-15-13(16)17-14(3,4)5/h10-12H,6-9H2,1-5H3,(H,15,16)/t10?,11-,12+/m1/s1. The highest BCUT2D eigenvalue weighted by Gasteiger charge is 2.25. The number of carbonyl (C=O) groups excluding carboxylic acids is 1. The zero-order chi connectivity index (χ0) is 13.1. The van der Waals surface area contributed by atoms with Gasteiger partial charge >= 0.3 is 6.09 Å². The predicted molar refractivity (Wildman–Crippen MR) is 69.9 cm³/mol. The minimum absolute atomic E-state index is 0.288. The molecule has 1 fully saturated rings. The molecular formula is C14H27NO2. The van der Waals surface area contributed by atoms with Crippen molar-refractivity contribution in [2.24, 2.45) is 17.8 Å². The number of carbonyl (C=O) groups is 1. The summed E-state index contributed by atoms with van der Waals surface area (Å²) in [5.41, 5.74) is -0.404. The zero-order valence-electron chi connectivity index (χ0n) is 11.9. The summed E-state index contributed by atoms with van der Waals surface area (Å²) >= 11 is 0. The molecule has 0 aliphatic heterocycles. The smallest absolute Gasteiger partial charge is 0.407 e. The molecule has 1 aliphatic carbocycles. The van der Waals surface area contributed by atoms with Crippen molar-refractivity contribution in [1.82, 2.24) is 5.32 Å². The van der Waals surface area contributed by atoms with Crippen LogP contribution in [0.1, 0.15) is 53.9 Å². The van der Waals surface area contributed by atoms with Gasteiger partial charge in [0.15, 0.2) is 0 Å². The number of amides is 1. The maximum absolute atomic E-state index is 11.5. The van der Waals surface area contributed by atoms with E-state index in [4.69, 9.17) is 4.74 Å². The third kappa shape index (κ3) is 5.42. The molecule has 1 unspecified atom stereocenters. The van der Waals surface area contributed by atoms with Crippen LogP contribution in [-0.4, -0.2) is 18.2 Å². The summed E-state index contributed by atoms with van der Waals surface area (Å²) in [4.78, 5) is 11.5. The van der Waals surface area contributed by atoms with Gasteiger partial charge in [-0.25, -0.2) is 4.79 Å². The molecule has 0 aromatic carbocycles. The second-order valence-electron chi connectivity index (χ2n) is 6.52. The Morgan fingerprint density at radius 3 is 2.41 bits per heavy atom. The summed E-state index contributed by atoms with van der Waals surface area (Å²) in [6, 6.07) is 0. The first-order valence-corrected chi connectivity index (χ1v) is 6.75. The van der Waals surface area contributed by atoms with Crippen molar-refractivity contribution in [3.05, 3.63) is 0 Å². The van der Waals surface area contributed by atoms with E-state index in [0.717, 1.165) is 18.4 Å². The minimum Gasteiger partial charge on any atom is -0.444 e. The fourth-order valence-corrected chi connectivity index (χ4v) is 2.39. The van der Waals surface area contributed by atoms with E-state index in [9.17, 15) is 4.79 Å². The topological polar surface area (TPSA) is 38.3 Å². The fourth-order valence-electron chi connectivity index (χ4n) is 2.39. The number of ether oxygens (including phenoxy) is 1. The molecule has 0 heterocycles. The maximum Gasteiger partial charge on any atom is 0.407 e. The van der Waals surface area contributed by atoms with Crippen LogP contribution in [0.2, 0.25) is 0 Å². The molecule has 1 N–H and O–H groups in total. The molecule has 1 aliphatic rings. The van der Waals surface area contributed by atoms with Crippen LogP contribution in [0.3, 0.4) is 0 Å². The van der Waals surface area contributed by atoms with E-state index in [1.165, 1.54) is 19.3 Å². The number of hydrogen-bond donors (Lipinski definition) is 1. The molecule has 17 heavy (non-hydrogen) atoms. The monoisotopic (exact) mass is 241 g/mol. The van der Waals surface area contributed by atoms with E-state index in [1.54, 1.807) is 0 Å². The van der Waals surface area contributed by atoms with Gasteiger partial charge in [-0.05, 0) is 51.4 Å². The van der Waals surface area contributed by atoms with Crippen molar-refractivity contribution in [2.75, 3.05) is 6.54 Å².